The molecule has 2 aromatic rings. The summed E-state index contributed by atoms with van der Waals surface area (Å²) < 4.78 is 6.02. The molecule has 0 aromatic heterocycles. The second-order valence-electron chi connectivity index (χ2n) is 7.45. The largest absolute Gasteiger partial charge is 0.455 e. The van der Waals surface area contributed by atoms with E-state index in [1.165, 1.54) is 6.08 Å². The molecule has 2 aromatic carbocycles. The van der Waals surface area contributed by atoms with Crippen molar-refractivity contribution in [2.75, 3.05) is 4.90 Å². The summed E-state index contributed by atoms with van der Waals surface area (Å²) >= 11 is 6.18. The second-order valence-corrected chi connectivity index (χ2v) is 7.89. The molecule has 0 radical (unpaired) electrons. The van der Waals surface area contributed by atoms with E-state index in [2.05, 4.69) is 6.92 Å². The molecule has 0 fully saturated rings. The van der Waals surface area contributed by atoms with E-state index in [9.17, 15) is 9.90 Å². The summed E-state index contributed by atoms with van der Waals surface area (Å²) in [6.07, 6.45) is 6.41. The molecule has 0 saturated carbocycles. The average Bonchev–Trinajstić information content (AvgIpc) is 2.82. The zero-order valence-electron chi connectivity index (χ0n) is 16.3. The standard InChI is InChI=1S/C23H26ClNO3/c1-3-4-13-23(2,27)14-7-10-22(26)25-16-17-8-5-6-9-20(17)28-21-12-11-18(24)15-19(21)25/h5-12,15,27H,3-4,13-14,16H2,1-2H3. The Balaban J connectivity index is 1.84. The summed E-state index contributed by atoms with van der Waals surface area (Å²) in [4.78, 5) is 14.7. The lowest BCUT2D eigenvalue weighted by molar-refractivity contribution is -0.114. The minimum absolute atomic E-state index is 0.171. The quantitative estimate of drug-likeness (QED) is 0.618. The van der Waals surface area contributed by atoms with Gasteiger partial charge in [0.2, 0.25) is 0 Å². The first-order valence-corrected chi connectivity index (χ1v) is 10.0. The summed E-state index contributed by atoms with van der Waals surface area (Å²) in [5.74, 6) is 1.15. The number of aliphatic hydroxyl groups is 1. The normalized spacial score (nSPS) is 15.4. The summed E-state index contributed by atoms with van der Waals surface area (Å²) in [5, 5.41) is 11.0. The van der Waals surface area contributed by atoms with Gasteiger partial charge in [-0.2, -0.15) is 0 Å². The Hall–Kier alpha value is -2.30. The predicted octanol–water partition coefficient (Wildman–Crippen LogP) is 5.87. The first-order valence-electron chi connectivity index (χ1n) is 9.65. The number of carbonyl (C=O) groups excluding carboxylic acids is 1. The van der Waals surface area contributed by atoms with Crippen LogP contribution >= 0.6 is 11.6 Å². The number of ether oxygens (including phenoxy) is 1. The van der Waals surface area contributed by atoms with Crippen molar-refractivity contribution in [3.8, 4) is 11.5 Å². The number of para-hydroxylation sites is 1. The second kappa shape index (κ2) is 8.80. The maximum absolute atomic E-state index is 13.0. The van der Waals surface area contributed by atoms with Crippen LogP contribution in [-0.2, 0) is 11.3 Å². The number of rotatable bonds is 6. The molecular weight excluding hydrogens is 374 g/mol. The lowest BCUT2D eigenvalue weighted by Gasteiger charge is -2.22. The highest BCUT2D eigenvalue weighted by Crippen LogP contribution is 2.40. The lowest BCUT2D eigenvalue weighted by atomic mass is 9.95. The minimum Gasteiger partial charge on any atom is -0.455 e. The molecule has 3 rings (SSSR count). The van der Waals surface area contributed by atoms with Crippen LogP contribution in [0, 0.1) is 0 Å². The maximum Gasteiger partial charge on any atom is 0.251 e. The summed E-state index contributed by atoms with van der Waals surface area (Å²) in [7, 11) is 0. The Morgan fingerprint density at radius 1 is 1.29 bits per heavy atom. The summed E-state index contributed by atoms with van der Waals surface area (Å²) in [6, 6.07) is 12.9. The van der Waals surface area contributed by atoms with Gasteiger partial charge in [-0.05, 0) is 50.1 Å². The van der Waals surface area contributed by atoms with E-state index < -0.39 is 5.60 Å². The first-order chi connectivity index (χ1) is 13.4. The van der Waals surface area contributed by atoms with E-state index in [1.54, 1.807) is 29.2 Å². The van der Waals surface area contributed by atoms with E-state index in [4.69, 9.17) is 16.3 Å². The molecule has 0 aliphatic carbocycles. The molecule has 28 heavy (non-hydrogen) atoms. The monoisotopic (exact) mass is 399 g/mol. The van der Waals surface area contributed by atoms with Gasteiger partial charge in [0.25, 0.3) is 5.91 Å². The number of amides is 1. The van der Waals surface area contributed by atoms with Crippen molar-refractivity contribution in [3.05, 3.63) is 65.2 Å². The van der Waals surface area contributed by atoms with Gasteiger partial charge in [0.1, 0.15) is 5.75 Å². The van der Waals surface area contributed by atoms with Crippen molar-refractivity contribution in [3.63, 3.8) is 0 Å². The van der Waals surface area contributed by atoms with Gasteiger partial charge in [-0.1, -0.05) is 55.6 Å². The van der Waals surface area contributed by atoms with Crippen LogP contribution in [0.25, 0.3) is 0 Å². The number of anilines is 1. The summed E-state index contributed by atoms with van der Waals surface area (Å²) in [6.45, 7) is 4.29. The fourth-order valence-electron chi connectivity index (χ4n) is 3.26. The van der Waals surface area contributed by atoms with E-state index in [1.807, 2.05) is 31.2 Å². The number of hydrogen-bond acceptors (Lipinski definition) is 3. The predicted molar refractivity (Wildman–Crippen MR) is 113 cm³/mol. The van der Waals surface area contributed by atoms with Crippen LogP contribution in [0.2, 0.25) is 5.02 Å². The van der Waals surface area contributed by atoms with Crippen molar-refractivity contribution in [2.24, 2.45) is 0 Å². The Labute approximate surface area is 171 Å². The Morgan fingerprint density at radius 2 is 2.07 bits per heavy atom. The molecule has 5 heteroatoms. The number of carbonyl (C=O) groups is 1. The molecule has 1 atom stereocenters. The van der Waals surface area contributed by atoms with Gasteiger partial charge in [0.15, 0.2) is 5.75 Å². The molecule has 1 amide bonds. The average molecular weight is 400 g/mol. The number of benzene rings is 2. The SMILES string of the molecule is CCCCC(C)(O)CC=CC(=O)N1Cc2ccccc2Oc2ccc(Cl)cc21. The van der Waals surface area contributed by atoms with Crippen LogP contribution in [0.5, 0.6) is 11.5 Å². The zero-order chi connectivity index (χ0) is 20.1. The molecule has 0 saturated heterocycles. The van der Waals surface area contributed by atoms with Gasteiger partial charge in [-0.15, -0.1) is 0 Å². The van der Waals surface area contributed by atoms with Crippen molar-refractivity contribution in [2.45, 2.75) is 51.7 Å². The van der Waals surface area contributed by atoms with E-state index >= 15 is 0 Å². The Bertz CT molecular complexity index is 876. The van der Waals surface area contributed by atoms with E-state index in [0.717, 1.165) is 24.2 Å². The highest BCUT2D eigenvalue weighted by Gasteiger charge is 2.25. The minimum atomic E-state index is -0.803. The van der Waals surface area contributed by atoms with Gasteiger partial charge in [0, 0.05) is 10.6 Å². The third-order valence-electron chi connectivity index (χ3n) is 4.89. The lowest BCUT2D eigenvalue weighted by Crippen LogP contribution is -2.28. The van der Waals surface area contributed by atoms with Crippen LogP contribution in [0.15, 0.2) is 54.6 Å². The van der Waals surface area contributed by atoms with Crippen molar-refractivity contribution >= 4 is 23.2 Å². The fraction of sp³-hybridized carbons (Fsp3) is 0.348. The fourth-order valence-corrected chi connectivity index (χ4v) is 3.42. The van der Waals surface area contributed by atoms with Crippen LogP contribution in [-0.4, -0.2) is 16.6 Å². The summed E-state index contributed by atoms with van der Waals surface area (Å²) in [5.41, 5.74) is 0.755. The molecule has 1 unspecified atom stereocenters. The van der Waals surface area contributed by atoms with E-state index in [0.29, 0.717) is 35.8 Å². The van der Waals surface area contributed by atoms with Crippen LogP contribution in [0.3, 0.4) is 0 Å². The molecule has 1 heterocycles. The van der Waals surface area contributed by atoms with Crippen LogP contribution in [0.1, 0.15) is 45.1 Å². The van der Waals surface area contributed by atoms with Crippen LogP contribution in [0.4, 0.5) is 5.69 Å². The maximum atomic E-state index is 13.0. The number of halogens is 1. The molecule has 1 N–H and O–H groups in total. The van der Waals surface area contributed by atoms with Crippen molar-refractivity contribution < 1.29 is 14.6 Å². The Morgan fingerprint density at radius 3 is 2.86 bits per heavy atom. The topological polar surface area (TPSA) is 49.8 Å². The molecule has 1 aliphatic heterocycles. The number of unbranched alkanes of at least 4 members (excludes halogenated alkanes) is 1. The molecule has 148 valence electrons. The molecule has 4 nitrogen and oxygen atoms in total. The number of nitrogens with zero attached hydrogens (tertiary/aromatic N) is 1. The molecule has 1 aliphatic rings. The third kappa shape index (κ3) is 4.94. The number of fused-ring (bicyclic) bond motifs is 2. The number of hydrogen-bond donors (Lipinski definition) is 1. The smallest absolute Gasteiger partial charge is 0.251 e. The molecule has 0 bridgehead atoms. The van der Waals surface area contributed by atoms with Gasteiger partial charge < -0.3 is 14.7 Å². The van der Waals surface area contributed by atoms with Gasteiger partial charge >= 0.3 is 0 Å². The third-order valence-corrected chi connectivity index (χ3v) is 5.12. The zero-order valence-corrected chi connectivity index (χ0v) is 17.1. The molecular formula is C23H26ClNO3. The van der Waals surface area contributed by atoms with Crippen LogP contribution < -0.4 is 9.64 Å². The molecule has 0 spiro atoms. The van der Waals surface area contributed by atoms with Crippen molar-refractivity contribution in [1.29, 1.82) is 0 Å². The first kappa shape index (κ1) is 20.4. The van der Waals surface area contributed by atoms with Gasteiger partial charge in [-0.25, -0.2) is 0 Å². The highest BCUT2D eigenvalue weighted by atomic mass is 35.5. The van der Waals surface area contributed by atoms with Gasteiger partial charge in [0.05, 0.1) is 17.8 Å². The highest BCUT2D eigenvalue weighted by molar-refractivity contribution is 6.31. The van der Waals surface area contributed by atoms with E-state index in [-0.39, 0.29) is 5.91 Å². The van der Waals surface area contributed by atoms with Gasteiger partial charge in [-0.3, -0.25) is 4.79 Å². The van der Waals surface area contributed by atoms with Crippen molar-refractivity contribution in [1.82, 2.24) is 0 Å². The Kier molecular flexibility index (Phi) is 6.42.